The van der Waals surface area contributed by atoms with Gasteiger partial charge in [0, 0.05) is 62.8 Å². The Kier molecular flexibility index (Phi) is 8.30. The summed E-state index contributed by atoms with van der Waals surface area (Å²) in [5.74, 6) is -2.51. The van der Waals surface area contributed by atoms with Crippen molar-refractivity contribution in [2.45, 2.75) is 12.8 Å². The van der Waals surface area contributed by atoms with E-state index < -0.39 is 11.9 Å². The van der Waals surface area contributed by atoms with Crippen LogP contribution in [0.5, 0.6) is 0 Å². The van der Waals surface area contributed by atoms with Gasteiger partial charge < -0.3 is 20.0 Å². The van der Waals surface area contributed by atoms with Crippen LogP contribution < -0.4 is 0 Å². The molecule has 1 aliphatic carbocycles. The van der Waals surface area contributed by atoms with E-state index in [4.69, 9.17) is 10.2 Å². The first-order chi connectivity index (χ1) is 15.4. The van der Waals surface area contributed by atoms with Crippen molar-refractivity contribution in [2.75, 3.05) is 39.8 Å². The Balaban J connectivity index is 0.000000312. The summed E-state index contributed by atoms with van der Waals surface area (Å²) in [4.78, 5) is 28.4. The molecule has 0 bridgehead atoms. The summed E-state index contributed by atoms with van der Waals surface area (Å²) in [6.07, 6.45) is 9.57. The molecule has 1 aliphatic heterocycles. The highest BCUT2D eigenvalue weighted by molar-refractivity contribution is 5.89. The SMILES string of the molecule is CN1CCN(CCC2=CCc3c2cccc3-c2cccnc2)CC1.O=C(O)C=CC(=O)O. The molecule has 0 atom stereocenters. The van der Waals surface area contributed by atoms with Gasteiger partial charge >= 0.3 is 11.9 Å². The molecule has 2 N–H and O–H groups in total. The summed E-state index contributed by atoms with van der Waals surface area (Å²) in [7, 11) is 2.22. The fraction of sp³-hybridized carbons (Fsp3) is 0.320. The number of rotatable bonds is 6. The second-order valence-electron chi connectivity index (χ2n) is 7.91. The van der Waals surface area contributed by atoms with Gasteiger partial charge in [0.2, 0.25) is 0 Å². The molecule has 32 heavy (non-hydrogen) atoms. The molecule has 168 valence electrons. The summed E-state index contributed by atoms with van der Waals surface area (Å²) < 4.78 is 0. The minimum atomic E-state index is -1.26. The van der Waals surface area contributed by atoms with Crippen LogP contribution in [0.2, 0.25) is 0 Å². The number of aliphatic carboxylic acids is 2. The predicted octanol–water partition coefficient (Wildman–Crippen LogP) is 3.04. The van der Waals surface area contributed by atoms with Crippen LogP contribution >= 0.6 is 0 Å². The number of carbonyl (C=O) groups is 2. The highest BCUT2D eigenvalue weighted by Crippen LogP contribution is 2.36. The zero-order valence-electron chi connectivity index (χ0n) is 18.3. The molecule has 0 unspecified atom stereocenters. The number of carboxylic acids is 2. The lowest BCUT2D eigenvalue weighted by Gasteiger charge is -2.32. The van der Waals surface area contributed by atoms with E-state index in [1.54, 1.807) is 0 Å². The molecule has 2 aromatic rings. The van der Waals surface area contributed by atoms with Gasteiger partial charge in [0.25, 0.3) is 0 Å². The predicted molar refractivity (Wildman–Crippen MR) is 124 cm³/mol. The van der Waals surface area contributed by atoms with Crippen LogP contribution in [0.1, 0.15) is 17.5 Å². The zero-order chi connectivity index (χ0) is 22.9. The van der Waals surface area contributed by atoms with Crippen LogP contribution in [0, 0.1) is 0 Å². The lowest BCUT2D eigenvalue weighted by molar-refractivity contribution is -0.134. The monoisotopic (exact) mass is 435 g/mol. The largest absolute Gasteiger partial charge is 0.478 e. The molecule has 2 heterocycles. The number of piperazine rings is 1. The third-order valence-electron chi connectivity index (χ3n) is 5.71. The number of allylic oxidation sites excluding steroid dienone is 1. The first-order valence-electron chi connectivity index (χ1n) is 10.7. The van der Waals surface area contributed by atoms with Crippen LogP contribution in [0.4, 0.5) is 0 Å². The van der Waals surface area contributed by atoms with E-state index in [0.717, 1.165) is 12.8 Å². The fourth-order valence-corrected chi connectivity index (χ4v) is 3.96. The van der Waals surface area contributed by atoms with Gasteiger partial charge in [-0.25, -0.2) is 9.59 Å². The number of likely N-dealkylation sites (N-methyl/N-ethyl adjacent to an activating group) is 1. The summed E-state index contributed by atoms with van der Waals surface area (Å²) in [6, 6.07) is 10.9. The average molecular weight is 436 g/mol. The second kappa shape index (κ2) is 11.4. The lowest BCUT2D eigenvalue weighted by atomic mass is 9.95. The average Bonchev–Trinajstić information content (AvgIpc) is 3.21. The normalized spacial score (nSPS) is 16.2. The van der Waals surface area contributed by atoms with Gasteiger partial charge in [0.15, 0.2) is 0 Å². The number of benzene rings is 1. The van der Waals surface area contributed by atoms with Crippen LogP contribution in [0.15, 0.2) is 61.0 Å². The van der Waals surface area contributed by atoms with Crippen LogP contribution in [-0.2, 0) is 16.0 Å². The van der Waals surface area contributed by atoms with Crippen molar-refractivity contribution in [1.29, 1.82) is 0 Å². The number of hydrogen-bond acceptors (Lipinski definition) is 5. The van der Waals surface area contributed by atoms with Gasteiger partial charge in [-0.15, -0.1) is 0 Å². The molecular weight excluding hydrogens is 406 g/mol. The molecule has 1 aromatic heterocycles. The molecule has 0 spiro atoms. The van der Waals surface area contributed by atoms with Gasteiger partial charge in [-0.05, 0) is 48.2 Å². The van der Waals surface area contributed by atoms with Crippen molar-refractivity contribution in [3.8, 4) is 11.1 Å². The molecule has 1 aromatic carbocycles. The first-order valence-corrected chi connectivity index (χ1v) is 10.7. The molecular formula is C25H29N3O4. The van der Waals surface area contributed by atoms with Crippen molar-refractivity contribution in [3.63, 3.8) is 0 Å². The quantitative estimate of drug-likeness (QED) is 0.674. The van der Waals surface area contributed by atoms with Gasteiger partial charge in [0.1, 0.15) is 0 Å². The minimum Gasteiger partial charge on any atom is -0.478 e. The second-order valence-corrected chi connectivity index (χ2v) is 7.91. The molecule has 4 rings (SSSR count). The Morgan fingerprint density at radius 2 is 1.69 bits per heavy atom. The number of fused-ring (bicyclic) bond motifs is 1. The van der Waals surface area contributed by atoms with Crippen molar-refractivity contribution in [3.05, 3.63) is 72.1 Å². The summed E-state index contributed by atoms with van der Waals surface area (Å²) in [5.41, 5.74) is 7.01. The highest BCUT2D eigenvalue weighted by Gasteiger charge is 2.19. The maximum atomic E-state index is 9.55. The van der Waals surface area contributed by atoms with E-state index in [1.807, 2.05) is 18.5 Å². The molecule has 0 radical (unpaired) electrons. The van der Waals surface area contributed by atoms with E-state index in [2.05, 4.69) is 52.2 Å². The third-order valence-corrected chi connectivity index (χ3v) is 5.71. The summed E-state index contributed by atoms with van der Waals surface area (Å²) in [5, 5.41) is 15.6. The molecule has 0 saturated carbocycles. The van der Waals surface area contributed by atoms with Crippen molar-refractivity contribution in [2.24, 2.45) is 0 Å². The number of hydrogen-bond donors (Lipinski definition) is 2. The zero-order valence-corrected chi connectivity index (χ0v) is 18.3. The Morgan fingerprint density at radius 1 is 1.00 bits per heavy atom. The summed E-state index contributed by atoms with van der Waals surface area (Å²) >= 11 is 0. The number of pyridine rings is 1. The maximum Gasteiger partial charge on any atom is 0.328 e. The van der Waals surface area contributed by atoms with Gasteiger partial charge in [-0.3, -0.25) is 4.98 Å². The van der Waals surface area contributed by atoms with E-state index in [-0.39, 0.29) is 0 Å². The minimum absolute atomic E-state index is 0.558. The number of carboxylic acid groups (broad SMARTS) is 2. The highest BCUT2D eigenvalue weighted by atomic mass is 16.4. The van der Waals surface area contributed by atoms with Crippen LogP contribution in [-0.4, -0.2) is 76.7 Å². The van der Waals surface area contributed by atoms with Gasteiger partial charge in [-0.2, -0.15) is 0 Å². The Hall–Kier alpha value is -3.29. The lowest BCUT2D eigenvalue weighted by Crippen LogP contribution is -2.44. The summed E-state index contributed by atoms with van der Waals surface area (Å²) in [6.45, 7) is 5.97. The number of aromatic nitrogens is 1. The Labute approximate surface area is 188 Å². The Bertz CT molecular complexity index is 978. The Morgan fingerprint density at radius 3 is 2.31 bits per heavy atom. The van der Waals surface area contributed by atoms with E-state index >= 15 is 0 Å². The van der Waals surface area contributed by atoms with Crippen molar-refractivity contribution in [1.82, 2.24) is 14.8 Å². The smallest absolute Gasteiger partial charge is 0.328 e. The molecule has 7 nitrogen and oxygen atoms in total. The van der Waals surface area contributed by atoms with E-state index in [9.17, 15) is 9.59 Å². The fourth-order valence-electron chi connectivity index (χ4n) is 3.96. The number of nitrogens with zero attached hydrogens (tertiary/aromatic N) is 3. The first kappa shape index (κ1) is 23.4. The molecule has 1 saturated heterocycles. The molecule has 2 aliphatic rings. The standard InChI is InChI=1S/C21H25N3.C4H4O4/c1-23-12-14-24(15-13-23)11-9-17-7-8-21-19(17)5-2-6-20(21)18-4-3-10-22-16-18;5-3(6)1-2-4(7)8/h2-7,10,16H,8-9,11-15H2,1H3;1-2H,(H,5,6)(H,7,8). The molecule has 7 heteroatoms. The molecule has 1 fully saturated rings. The van der Waals surface area contributed by atoms with Crippen LogP contribution in [0.25, 0.3) is 16.7 Å². The topological polar surface area (TPSA) is 94.0 Å². The maximum absolute atomic E-state index is 9.55. The molecule has 0 amide bonds. The third kappa shape index (κ3) is 6.60. The van der Waals surface area contributed by atoms with E-state index in [1.165, 1.54) is 60.6 Å². The van der Waals surface area contributed by atoms with Crippen molar-refractivity contribution >= 4 is 17.5 Å². The van der Waals surface area contributed by atoms with Gasteiger partial charge in [-0.1, -0.05) is 30.3 Å². The van der Waals surface area contributed by atoms with Crippen molar-refractivity contribution < 1.29 is 19.8 Å². The van der Waals surface area contributed by atoms with Crippen LogP contribution in [0.3, 0.4) is 0 Å². The van der Waals surface area contributed by atoms with E-state index in [0.29, 0.717) is 12.2 Å². The van der Waals surface area contributed by atoms with Gasteiger partial charge in [0.05, 0.1) is 0 Å².